The average molecular weight is 407 g/mol. The molecule has 2 aromatic heterocycles. The molecule has 1 saturated heterocycles. The van der Waals surface area contributed by atoms with Gasteiger partial charge < -0.3 is 15.1 Å². The van der Waals surface area contributed by atoms with E-state index < -0.39 is 0 Å². The maximum atomic E-state index is 12.9. The van der Waals surface area contributed by atoms with Gasteiger partial charge in [-0.05, 0) is 49.2 Å². The Labute approximate surface area is 168 Å². The second kappa shape index (κ2) is 8.17. The van der Waals surface area contributed by atoms with E-state index in [1.807, 2.05) is 18.2 Å². The highest BCUT2D eigenvalue weighted by Crippen LogP contribution is 2.26. The number of nitrogens with two attached hydrogens (primary N) is 1. The van der Waals surface area contributed by atoms with Crippen molar-refractivity contribution in [2.24, 2.45) is 5.73 Å². The number of piperidine rings is 1. The summed E-state index contributed by atoms with van der Waals surface area (Å²) in [5, 5.41) is 5.19. The minimum atomic E-state index is -0.110. The largest absolute Gasteiger partial charge is 0.463 e. The van der Waals surface area contributed by atoms with Crippen molar-refractivity contribution in [3.05, 3.63) is 59.4 Å². The molecule has 0 saturated carbocycles. The lowest BCUT2D eigenvalue weighted by Gasteiger charge is -2.30. The van der Waals surface area contributed by atoms with Gasteiger partial charge >= 0.3 is 0 Å². The Hall–Kier alpha value is -2.28. The maximum Gasteiger partial charge on any atom is 0.274 e. The van der Waals surface area contributed by atoms with E-state index in [9.17, 15) is 4.79 Å². The fraction of sp³-hybridized carbons (Fsp3) is 0.263. The van der Waals surface area contributed by atoms with Gasteiger partial charge in [-0.1, -0.05) is 11.6 Å². The van der Waals surface area contributed by atoms with Gasteiger partial charge in [0.2, 0.25) is 0 Å². The summed E-state index contributed by atoms with van der Waals surface area (Å²) >= 11 is 5.99. The van der Waals surface area contributed by atoms with E-state index in [4.69, 9.17) is 21.8 Å². The highest BCUT2D eigenvalue weighted by molar-refractivity contribution is 6.30. The van der Waals surface area contributed by atoms with Gasteiger partial charge in [0.15, 0.2) is 11.5 Å². The number of rotatable bonds is 3. The maximum absolute atomic E-state index is 12.9. The van der Waals surface area contributed by atoms with Crippen LogP contribution in [0.5, 0.6) is 0 Å². The molecule has 0 spiro atoms. The normalized spacial score (nSPS) is 16.8. The van der Waals surface area contributed by atoms with Gasteiger partial charge in [-0.2, -0.15) is 5.10 Å². The zero-order valence-corrected chi connectivity index (χ0v) is 16.1. The van der Waals surface area contributed by atoms with Gasteiger partial charge in [-0.25, -0.2) is 4.68 Å². The third kappa shape index (κ3) is 4.03. The molecule has 1 amide bonds. The molecule has 1 fully saturated rings. The van der Waals surface area contributed by atoms with Crippen LogP contribution in [0.15, 0.2) is 53.1 Å². The molecule has 1 aliphatic rings. The Morgan fingerprint density at radius 3 is 2.70 bits per heavy atom. The first kappa shape index (κ1) is 19.5. The summed E-state index contributed by atoms with van der Waals surface area (Å²) in [5.41, 5.74) is 7.90. The predicted octanol–water partition coefficient (Wildman–Crippen LogP) is 3.77. The smallest absolute Gasteiger partial charge is 0.274 e. The molecular weight excluding hydrogens is 387 g/mol. The summed E-state index contributed by atoms with van der Waals surface area (Å²) in [4.78, 5) is 14.7. The second-order valence-corrected chi connectivity index (χ2v) is 6.87. The van der Waals surface area contributed by atoms with Crippen molar-refractivity contribution in [3.63, 3.8) is 0 Å². The third-order valence-electron chi connectivity index (χ3n) is 4.52. The number of furan rings is 1. The summed E-state index contributed by atoms with van der Waals surface area (Å²) in [5.74, 6) is 0.530. The number of hydrogen-bond acceptors (Lipinski definition) is 4. The highest BCUT2D eigenvalue weighted by atomic mass is 35.5. The first-order chi connectivity index (χ1) is 12.6. The fourth-order valence-corrected chi connectivity index (χ4v) is 3.35. The zero-order valence-electron chi connectivity index (χ0n) is 14.5. The van der Waals surface area contributed by atoms with Crippen LogP contribution in [-0.2, 0) is 0 Å². The molecule has 3 heterocycles. The number of carbonyl (C=O) groups excluding carboxylic acids is 1. The van der Waals surface area contributed by atoms with Crippen molar-refractivity contribution in [1.29, 1.82) is 0 Å². The van der Waals surface area contributed by atoms with E-state index in [2.05, 4.69) is 5.10 Å². The lowest BCUT2D eigenvalue weighted by Crippen LogP contribution is -2.45. The van der Waals surface area contributed by atoms with Crippen molar-refractivity contribution >= 4 is 29.9 Å². The Balaban J connectivity index is 0.00000210. The van der Waals surface area contributed by atoms with Crippen LogP contribution in [0, 0.1) is 0 Å². The minimum Gasteiger partial charge on any atom is -0.463 e. The second-order valence-electron chi connectivity index (χ2n) is 6.43. The number of halogens is 2. The summed E-state index contributed by atoms with van der Waals surface area (Å²) in [6.07, 6.45) is 3.45. The first-order valence-electron chi connectivity index (χ1n) is 8.56. The van der Waals surface area contributed by atoms with Crippen LogP contribution in [0.3, 0.4) is 0 Å². The number of likely N-dealkylation sites (tertiary alicyclic amines) is 1. The standard InChI is InChI=1S/C19H19ClN4O2.ClH/c20-13-5-7-15(8-6-13)24-17(18-4-2-10-26-18)11-16(22-24)19(25)23-9-1-3-14(21)12-23;/h2,4-8,10-11,14H,1,3,9,12,21H2;1H. The third-order valence-corrected chi connectivity index (χ3v) is 4.77. The molecule has 8 heteroatoms. The Kier molecular flexibility index (Phi) is 5.89. The van der Waals surface area contributed by atoms with Crippen molar-refractivity contribution in [3.8, 4) is 17.1 Å². The van der Waals surface area contributed by atoms with Gasteiger partial charge in [0, 0.05) is 30.2 Å². The molecule has 0 bridgehead atoms. The van der Waals surface area contributed by atoms with Gasteiger partial charge in [-0.3, -0.25) is 4.79 Å². The molecule has 1 unspecified atom stereocenters. The van der Waals surface area contributed by atoms with E-state index in [0.29, 0.717) is 35.3 Å². The molecule has 2 N–H and O–H groups in total. The fourth-order valence-electron chi connectivity index (χ4n) is 3.22. The monoisotopic (exact) mass is 406 g/mol. The van der Waals surface area contributed by atoms with Crippen LogP contribution in [0.1, 0.15) is 23.3 Å². The van der Waals surface area contributed by atoms with Crippen LogP contribution in [0.4, 0.5) is 0 Å². The summed E-state index contributed by atoms with van der Waals surface area (Å²) < 4.78 is 7.23. The molecule has 1 aliphatic heterocycles. The first-order valence-corrected chi connectivity index (χ1v) is 8.94. The number of nitrogens with zero attached hydrogens (tertiary/aromatic N) is 3. The Morgan fingerprint density at radius 1 is 1.26 bits per heavy atom. The molecule has 1 aromatic carbocycles. The number of amides is 1. The lowest BCUT2D eigenvalue weighted by molar-refractivity contribution is 0.0702. The summed E-state index contributed by atoms with van der Waals surface area (Å²) in [6.45, 7) is 1.26. The van der Waals surface area contributed by atoms with Gasteiger partial charge in [0.25, 0.3) is 5.91 Å². The minimum absolute atomic E-state index is 0. The Bertz CT molecular complexity index is 906. The topological polar surface area (TPSA) is 77.3 Å². The van der Waals surface area contributed by atoms with Gasteiger partial charge in [-0.15, -0.1) is 12.4 Å². The molecule has 27 heavy (non-hydrogen) atoms. The van der Waals surface area contributed by atoms with Gasteiger partial charge in [0.05, 0.1) is 12.0 Å². The number of benzene rings is 1. The van der Waals surface area contributed by atoms with Crippen LogP contribution in [0.2, 0.25) is 5.02 Å². The van der Waals surface area contributed by atoms with Crippen molar-refractivity contribution in [1.82, 2.24) is 14.7 Å². The lowest BCUT2D eigenvalue weighted by atomic mass is 10.1. The zero-order chi connectivity index (χ0) is 18.1. The van der Waals surface area contributed by atoms with Gasteiger partial charge in [0.1, 0.15) is 5.69 Å². The molecule has 4 rings (SSSR count). The van der Waals surface area contributed by atoms with Crippen LogP contribution in [-0.4, -0.2) is 39.7 Å². The van der Waals surface area contributed by atoms with E-state index >= 15 is 0 Å². The van der Waals surface area contributed by atoms with Crippen LogP contribution < -0.4 is 5.73 Å². The predicted molar refractivity (Wildman–Crippen MR) is 107 cm³/mol. The van der Waals surface area contributed by atoms with Crippen molar-refractivity contribution < 1.29 is 9.21 Å². The molecular formula is C19H20Cl2N4O2. The quantitative estimate of drug-likeness (QED) is 0.717. The van der Waals surface area contributed by atoms with E-state index in [1.54, 1.807) is 40.1 Å². The molecule has 6 nitrogen and oxygen atoms in total. The van der Waals surface area contributed by atoms with Crippen molar-refractivity contribution in [2.75, 3.05) is 13.1 Å². The summed E-state index contributed by atoms with van der Waals surface area (Å²) in [6, 6.07) is 12.7. The SMILES string of the molecule is Cl.NC1CCCN(C(=O)c2cc(-c3ccco3)n(-c3ccc(Cl)cc3)n2)C1. The molecule has 0 aliphatic carbocycles. The van der Waals surface area contributed by atoms with Crippen LogP contribution in [0.25, 0.3) is 17.1 Å². The number of carbonyl (C=O) groups is 1. The number of hydrogen-bond donors (Lipinski definition) is 1. The highest BCUT2D eigenvalue weighted by Gasteiger charge is 2.26. The molecule has 0 radical (unpaired) electrons. The van der Waals surface area contributed by atoms with E-state index in [1.165, 1.54) is 0 Å². The van der Waals surface area contributed by atoms with E-state index in [-0.39, 0.29) is 24.4 Å². The van der Waals surface area contributed by atoms with Crippen LogP contribution >= 0.6 is 24.0 Å². The van der Waals surface area contributed by atoms with E-state index in [0.717, 1.165) is 18.5 Å². The van der Waals surface area contributed by atoms with Crippen molar-refractivity contribution in [2.45, 2.75) is 18.9 Å². The number of aromatic nitrogens is 2. The Morgan fingerprint density at radius 2 is 2.04 bits per heavy atom. The summed E-state index contributed by atoms with van der Waals surface area (Å²) in [7, 11) is 0. The molecule has 142 valence electrons. The molecule has 3 aromatic rings. The average Bonchev–Trinajstić information content (AvgIpc) is 3.31. The molecule has 1 atom stereocenters.